The summed E-state index contributed by atoms with van der Waals surface area (Å²) >= 11 is 5.47. The molecule has 3 rings (SSSR count). The number of nitrogens with zero attached hydrogens (tertiary/aromatic N) is 1. The van der Waals surface area contributed by atoms with Crippen molar-refractivity contribution in [2.75, 3.05) is 19.0 Å². The van der Waals surface area contributed by atoms with Crippen LogP contribution in [0.1, 0.15) is 11.1 Å². The molecule has 0 unspecified atom stereocenters. The molecule has 0 aliphatic heterocycles. The lowest BCUT2D eigenvalue weighted by atomic mass is 10.1. The third-order valence-electron chi connectivity index (χ3n) is 4.29. The third-order valence-corrected chi connectivity index (χ3v) is 6.15. The number of carbonyl (C=O) groups is 1. The van der Waals surface area contributed by atoms with E-state index in [1.165, 1.54) is 3.97 Å². The average molecular weight is 421 g/mol. The van der Waals surface area contributed by atoms with Gasteiger partial charge in [-0.05, 0) is 43.2 Å². The van der Waals surface area contributed by atoms with Gasteiger partial charge in [0.2, 0.25) is 0 Å². The zero-order valence-corrected chi connectivity index (χ0v) is 17.0. The third kappa shape index (κ3) is 4.48. The summed E-state index contributed by atoms with van der Waals surface area (Å²) in [5.74, 6) is 0.247. The molecule has 3 aromatic rings. The number of aryl methyl sites for hydroxylation is 1. The van der Waals surface area contributed by atoms with Crippen LogP contribution in [0, 0.1) is 6.92 Å². The Morgan fingerprint density at radius 2 is 1.89 bits per heavy atom. The van der Waals surface area contributed by atoms with Gasteiger partial charge in [0.05, 0.1) is 16.3 Å². The van der Waals surface area contributed by atoms with Crippen molar-refractivity contribution >= 4 is 38.6 Å². The molecule has 0 aliphatic carbocycles. The van der Waals surface area contributed by atoms with Gasteiger partial charge < -0.3 is 10.1 Å². The van der Waals surface area contributed by atoms with E-state index in [1.54, 1.807) is 36.5 Å². The lowest BCUT2D eigenvalue weighted by Crippen LogP contribution is -2.27. The molecule has 8 heteroatoms. The van der Waals surface area contributed by atoms with Gasteiger partial charge in [-0.1, -0.05) is 29.8 Å². The number of carbonyl (C=O) groups excluding carboxylic acids is 1. The van der Waals surface area contributed by atoms with Gasteiger partial charge in [-0.3, -0.25) is 0 Å². The Hall–Kier alpha value is -2.51. The van der Waals surface area contributed by atoms with Crippen LogP contribution in [-0.2, 0) is 21.2 Å². The number of rotatable bonds is 7. The zero-order chi connectivity index (χ0) is 20.1. The van der Waals surface area contributed by atoms with Crippen LogP contribution in [0.4, 0.5) is 4.79 Å². The van der Waals surface area contributed by atoms with E-state index in [0.717, 1.165) is 16.5 Å². The lowest BCUT2D eigenvalue weighted by Gasteiger charge is -2.09. The molecular formula is C20H21ClN2O4S. The van der Waals surface area contributed by atoms with Crippen LogP contribution in [0.2, 0.25) is 0 Å². The minimum absolute atomic E-state index is 0.156. The highest BCUT2D eigenvalue weighted by molar-refractivity contribution is 7.90. The molecule has 1 amide bonds. The largest absolute Gasteiger partial charge is 0.448 e. The van der Waals surface area contributed by atoms with Crippen molar-refractivity contribution in [2.24, 2.45) is 0 Å². The van der Waals surface area contributed by atoms with Gasteiger partial charge >= 0.3 is 6.09 Å². The van der Waals surface area contributed by atoms with Gasteiger partial charge in [0, 0.05) is 18.1 Å². The van der Waals surface area contributed by atoms with E-state index in [2.05, 4.69) is 5.32 Å². The Morgan fingerprint density at radius 1 is 1.14 bits per heavy atom. The first-order valence-corrected chi connectivity index (χ1v) is 10.8. The number of benzene rings is 2. The normalized spacial score (nSPS) is 11.5. The fraction of sp³-hybridized carbons (Fsp3) is 0.250. The molecule has 0 bridgehead atoms. The Morgan fingerprint density at radius 3 is 2.61 bits per heavy atom. The maximum atomic E-state index is 13.0. The molecule has 6 nitrogen and oxygen atoms in total. The second kappa shape index (κ2) is 8.67. The highest BCUT2D eigenvalue weighted by Crippen LogP contribution is 2.23. The Balaban J connectivity index is 1.81. The molecular weight excluding hydrogens is 400 g/mol. The summed E-state index contributed by atoms with van der Waals surface area (Å²) in [7, 11) is -3.69. The van der Waals surface area contributed by atoms with Gasteiger partial charge in [-0.25, -0.2) is 17.2 Å². The van der Waals surface area contributed by atoms with Crippen LogP contribution in [0.25, 0.3) is 10.9 Å². The number of alkyl carbamates (subject to hydrolysis) is 1. The summed E-state index contributed by atoms with van der Waals surface area (Å²) in [6.45, 7) is 2.44. The maximum absolute atomic E-state index is 13.0. The second-order valence-corrected chi connectivity index (χ2v) is 8.52. The highest BCUT2D eigenvalue weighted by atomic mass is 35.5. The number of alkyl halides is 1. The van der Waals surface area contributed by atoms with Gasteiger partial charge in [0.15, 0.2) is 0 Å². The van der Waals surface area contributed by atoms with E-state index in [-0.39, 0.29) is 17.4 Å². The van der Waals surface area contributed by atoms with Crippen LogP contribution in [0.15, 0.2) is 59.6 Å². The van der Waals surface area contributed by atoms with E-state index in [4.69, 9.17) is 16.3 Å². The van der Waals surface area contributed by atoms with E-state index in [0.29, 0.717) is 18.5 Å². The molecule has 0 aliphatic rings. The quantitative estimate of drug-likeness (QED) is 0.591. The van der Waals surface area contributed by atoms with Crippen LogP contribution in [0.5, 0.6) is 0 Å². The Labute approximate surface area is 169 Å². The highest BCUT2D eigenvalue weighted by Gasteiger charge is 2.18. The number of ether oxygens (including phenoxy) is 1. The first-order valence-electron chi connectivity index (χ1n) is 8.80. The first kappa shape index (κ1) is 20.2. The molecule has 0 atom stereocenters. The zero-order valence-electron chi connectivity index (χ0n) is 15.4. The fourth-order valence-corrected chi connectivity index (χ4v) is 4.25. The number of aromatic nitrogens is 1. The lowest BCUT2D eigenvalue weighted by molar-refractivity contribution is 0.153. The minimum Gasteiger partial charge on any atom is -0.448 e. The van der Waals surface area contributed by atoms with Crippen molar-refractivity contribution in [1.82, 2.24) is 9.29 Å². The predicted molar refractivity (Wildman–Crippen MR) is 109 cm³/mol. The number of hydrogen-bond donors (Lipinski definition) is 1. The molecule has 0 saturated carbocycles. The Bertz CT molecular complexity index is 1080. The molecule has 28 heavy (non-hydrogen) atoms. The van der Waals surface area contributed by atoms with Crippen molar-refractivity contribution in [2.45, 2.75) is 18.2 Å². The van der Waals surface area contributed by atoms with Crippen LogP contribution in [-0.4, -0.2) is 37.5 Å². The smallest absolute Gasteiger partial charge is 0.407 e. The molecule has 0 fully saturated rings. The van der Waals surface area contributed by atoms with Crippen molar-refractivity contribution in [3.05, 3.63) is 65.9 Å². The number of hydrogen-bond acceptors (Lipinski definition) is 4. The van der Waals surface area contributed by atoms with E-state index in [1.807, 2.05) is 25.1 Å². The van der Waals surface area contributed by atoms with Crippen molar-refractivity contribution in [1.29, 1.82) is 0 Å². The summed E-state index contributed by atoms with van der Waals surface area (Å²) in [4.78, 5) is 11.7. The standard InChI is InChI=1S/C20H21ClN2O4S/c1-15-2-6-18(7-3-15)28(25,26)23-12-9-17-5-4-16(14-19(17)23)8-11-22-20(24)27-13-10-21/h2-7,9,12,14H,8,10-11,13H2,1H3,(H,22,24). The van der Waals surface area contributed by atoms with Crippen LogP contribution in [0.3, 0.4) is 0 Å². The fourth-order valence-electron chi connectivity index (χ4n) is 2.83. The molecule has 1 N–H and O–H groups in total. The second-order valence-electron chi connectivity index (χ2n) is 6.32. The van der Waals surface area contributed by atoms with Crippen LogP contribution >= 0.6 is 11.6 Å². The monoisotopic (exact) mass is 420 g/mol. The predicted octanol–water partition coefficient (Wildman–Crippen LogP) is 3.69. The van der Waals surface area contributed by atoms with Gasteiger partial charge in [-0.2, -0.15) is 0 Å². The number of amides is 1. The first-order chi connectivity index (χ1) is 13.4. The maximum Gasteiger partial charge on any atom is 0.407 e. The van der Waals surface area contributed by atoms with Crippen molar-refractivity contribution < 1.29 is 17.9 Å². The van der Waals surface area contributed by atoms with Crippen molar-refractivity contribution in [3.63, 3.8) is 0 Å². The topological polar surface area (TPSA) is 77.4 Å². The van der Waals surface area contributed by atoms with Crippen molar-refractivity contribution in [3.8, 4) is 0 Å². The summed E-state index contributed by atoms with van der Waals surface area (Å²) < 4.78 is 32.2. The molecule has 0 spiro atoms. The molecule has 2 aromatic carbocycles. The number of halogens is 1. The number of nitrogens with one attached hydrogen (secondary N) is 1. The van der Waals surface area contributed by atoms with E-state index >= 15 is 0 Å². The Kier molecular flexibility index (Phi) is 6.26. The van der Waals surface area contributed by atoms with E-state index in [9.17, 15) is 13.2 Å². The average Bonchev–Trinajstić information content (AvgIpc) is 3.11. The summed E-state index contributed by atoms with van der Waals surface area (Å²) in [6.07, 6.45) is 1.58. The van der Waals surface area contributed by atoms with Crippen LogP contribution < -0.4 is 5.32 Å². The molecule has 148 valence electrons. The minimum atomic E-state index is -3.69. The molecule has 0 saturated heterocycles. The SMILES string of the molecule is Cc1ccc(S(=O)(=O)n2ccc3ccc(CCNC(=O)OCCCl)cc32)cc1. The molecule has 1 heterocycles. The molecule has 0 radical (unpaired) electrons. The summed E-state index contributed by atoms with van der Waals surface area (Å²) in [5.41, 5.74) is 2.50. The summed E-state index contributed by atoms with van der Waals surface area (Å²) in [6, 6.07) is 14.2. The van der Waals surface area contributed by atoms with Gasteiger partial charge in [0.25, 0.3) is 10.0 Å². The van der Waals surface area contributed by atoms with Gasteiger partial charge in [-0.15, -0.1) is 11.6 Å². The number of fused-ring (bicyclic) bond motifs is 1. The molecule has 1 aromatic heterocycles. The van der Waals surface area contributed by atoms with E-state index < -0.39 is 16.1 Å². The summed E-state index contributed by atoms with van der Waals surface area (Å²) in [5, 5.41) is 3.47. The van der Waals surface area contributed by atoms with Gasteiger partial charge in [0.1, 0.15) is 6.61 Å².